The SMILES string of the molecule is C#CC.C#CC#CC.C=C(C)C(=C)C.C=CC.C=CC(=C)C.C=CCC(=C)OC.CCCC. The van der Waals surface area contributed by atoms with Gasteiger partial charge in [0.25, 0.3) is 0 Å². The van der Waals surface area contributed by atoms with Gasteiger partial charge in [-0.1, -0.05) is 100 Å². The molecule has 0 aliphatic carbocycles. The quantitative estimate of drug-likeness (QED) is 0.169. The molecule has 0 aromatic carbocycles. The monoisotopic (exact) mass is 452 g/mol. The number of terminal acetylenes is 2. The number of hydrogen-bond donors (Lipinski definition) is 0. The van der Waals surface area contributed by atoms with Gasteiger partial charge in [-0.15, -0.1) is 31.9 Å². The van der Waals surface area contributed by atoms with Gasteiger partial charge in [-0.05, 0) is 53.4 Å². The number of rotatable bonds is 6. The molecule has 1 nitrogen and oxygen atoms in total. The molecule has 0 aliphatic rings. The van der Waals surface area contributed by atoms with Crippen LogP contribution in [0.5, 0.6) is 0 Å². The van der Waals surface area contributed by atoms with Crippen LogP contribution in [-0.2, 0) is 4.74 Å². The van der Waals surface area contributed by atoms with Gasteiger partial charge in [0.05, 0.1) is 12.9 Å². The molecule has 0 amide bonds. The molecule has 0 aliphatic heterocycles. The van der Waals surface area contributed by atoms with E-state index in [0.29, 0.717) is 0 Å². The summed E-state index contributed by atoms with van der Waals surface area (Å²) in [6, 6.07) is 0. The molecule has 1 heteroatoms. The Balaban J connectivity index is -0.0000000488. The lowest BCUT2D eigenvalue weighted by atomic mass is 10.2. The highest BCUT2D eigenvalue weighted by Gasteiger charge is 1.81. The fourth-order valence-corrected chi connectivity index (χ4v) is 0.316. The standard InChI is InChI=1S/C6H10O.C6H10.C5H8.C5H4.C4H10.C3H6.C3H4/c1-4-5-6(2)7-3;1-5(2)6(3)4;1-4-5(2)3;1-3-5-4-2;1-3-4-2;2*1-3-2/h4H,1-2,5H2,3H3;1,3H2,2,4H3;4H,1-2H2,3H3;1H,2H3;3-4H2,1-2H3;3H,1H2,2H3;1H,2H3. The minimum absolute atomic E-state index is 0.747. The van der Waals surface area contributed by atoms with E-state index in [9.17, 15) is 0 Å². The van der Waals surface area contributed by atoms with Crippen LogP contribution in [0.25, 0.3) is 0 Å². The summed E-state index contributed by atoms with van der Waals surface area (Å²) >= 11 is 0. The average molecular weight is 453 g/mol. The highest BCUT2D eigenvalue weighted by atomic mass is 16.5. The van der Waals surface area contributed by atoms with Gasteiger partial charge in [0.2, 0.25) is 0 Å². The average Bonchev–Trinajstić information content (AvgIpc) is 2.77. The van der Waals surface area contributed by atoms with E-state index < -0.39 is 0 Å². The molecule has 0 saturated carbocycles. The highest BCUT2D eigenvalue weighted by Crippen LogP contribution is 1.98. The third-order valence-electron chi connectivity index (χ3n) is 2.43. The molecule has 0 spiro atoms. The van der Waals surface area contributed by atoms with Gasteiger partial charge < -0.3 is 4.74 Å². The minimum Gasteiger partial charge on any atom is -0.501 e. The lowest BCUT2D eigenvalue weighted by Crippen LogP contribution is -1.78. The molecule has 33 heavy (non-hydrogen) atoms. The van der Waals surface area contributed by atoms with E-state index in [1.807, 2.05) is 27.7 Å². The van der Waals surface area contributed by atoms with Crippen molar-refractivity contribution in [1.29, 1.82) is 0 Å². The summed E-state index contributed by atoms with van der Waals surface area (Å²) in [4.78, 5) is 0. The fraction of sp³-hybridized carbons (Fsp3) is 0.375. The highest BCUT2D eigenvalue weighted by molar-refractivity contribution is 5.20. The van der Waals surface area contributed by atoms with Crippen LogP contribution in [0.15, 0.2) is 86.8 Å². The summed E-state index contributed by atoms with van der Waals surface area (Å²) in [7, 11) is 1.60. The fourth-order valence-electron chi connectivity index (χ4n) is 0.316. The van der Waals surface area contributed by atoms with E-state index in [-0.39, 0.29) is 0 Å². The zero-order valence-electron chi connectivity index (χ0n) is 23.4. The summed E-state index contributed by atoms with van der Waals surface area (Å²) in [6.07, 6.45) is 17.9. The summed E-state index contributed by atoms with van der Waals surface area (Å²) in [5.74, 6) is 10.1. The predicted octanol–water partition coefficient (Wildman–Crippen LogP) is 9.89. The Labute approximate surface area is 209 Å². The first kappa shape index (κ1) is 47.4. The van der Waals surface area contributed by atoms with E-state index in [4.69, 9.17) is 11.2 Å². The van der Waals surface area contributed by atoms with Crippen molar-refractivity contribution >= 4 is 0 Å². The maximum atomic E-state index is 4.72. The molecule has 0 bridgehead atoms. The summed E-state index contributed by atoms with van der Waals surface area (Å²) in [5.41, 5.74) is 3.15. The Morgan fingerprint density at radius 2 is 1.18 bits per heavy atom. The molecule has 0 heterocycles. The van der Waals surface area contributed by atoms with Crippen molar-refractivity contribution in [3.63, 3.8) is 0 Å². The van der Waals surface area contributed by atoms with Crippen molar-refractivity contribution in [2.24, 2.45) is 0 Å². The Kier molecular flexibility index (Phi) is 81.6. The lowest BCUT2D eigenvalue weighted by molar-refractivity contribution is 0.287. The third kappa shape index (κ3) is 179. The van der Waals surface area contributed by atoms with Gasteiger partial charge in [0.15, 0.2) is 0 Å². The number of unbranched alkanes of at least 4 members (excludes halogenated alkanes) is 1. The molecular formula is C32H52O. The van der Waals surface area contributed by atoms with E-state index in [1.54, 1.807) is 39.2 Å². The molecule has 0 unspecified atom stereocenters. The first-order valence-electron chi connectivity index (χ1n) is 10.6. The zero-order valence-corrected chi connectivity index (χ0v) is 23.4. The minimum atomic E-state index is 0.747. The summed E-state index contributed by atoms with van der Waals surface area (Å²) in [5, 5.41) is 0. The van der Waals surface area contributed by atoms with E-state index >= 15 is 0 Å². The van der Waals surface area contributed by atoms with Crippen molar-refractivity contribution in [2.45, 2.75) is 74.7 Å². The topological polar surface area (TPSA) is 9.23 Å². The normalized spacial score (nSPS) is 6.03. The molecule has 0 N–H and O–H groups in total. The maximum Gasteiger partial charge on any atom is 0.0921 e. The molecule has 0 fully saturated rings. The largest absolute Gasteiger partial charge is 0.501 e. The predicted molar refractivity (Wildman–Crippen MR) is 159 cm³/mol. The van der Waals surface area contributed by atoms with Crippen molar-refractivity contribution in [1.82, 2.24) is 0 Å². The van der Waals surface area contributed by atoms with Gasteiger partial charge in [-0.25, -0.2) is 0 Å². The van der Waals surface area contributed by atoms with Crippen molar-refractivity contribution < 1.29 is 4.74 Å². The molecular weight excluding hydrogens is 400 g/mol. The van der Waals surface area contributed by atoms with Crippen molar-refractivity contribution in [2.75, 3.05) is 7.11 Å². The second kappa shape index (κ2) is 56.7. The number of methoxy groups -OCH3 is 1. The Hall–Kier alpha value is -3.34. The number of hydrogen-bond acceptors (Lipinski definition) is 1. The maximum absolute atomic E-state index is 4.72. The van der Waals surface area contributed by atoms with Crippen LogP contribution in [0.2, 0.25) is 0 Å². The number of allylic oxidation sites excluding steroid dienone is 6. The van der Waals surface area contributed by atoms with Crippen molar-refractivity contribution in [3.05, 3.63) is 86.8 Å². The molecule has 0 atom stereocenters. The van der Waals surface area contributed by atoms with Gasteiger partial charge in [0, 0.05) is 6.42 Å². The molecule has 0 saturated heterocycles. The van der Waals surface area contributed by atoms with Crippen LogP contribution in [0.4, 0.5) is 0 Å². The summed E-state index contributed by atoms with van der Waals surface area (Å²) < 4.78 is 4.72. The van der Waals surface area contributed by atoms with Crippen LogP contribution in [0, 0.1) is 36.5 Å². The second-order valence-electron chi connectivity index (χ2n) is 6.06. The molecule has 0 aromatic heterocycles. The summed E-state index contributed by atoms with van der Waals surface area (Å²) in [6.45, 7) is 40.2. The van der Waals surface area contributed by atoms with Crippen LogP contribution >= 0.6 is 0 Å². The van der Waals surface area contributed by atoms with Crippen LogP contribution in [-0.4, -0.2) is 7.11 Å². The van der Waals surface area contributed by atoms with Gasteiger partial charge >= 0.3 is 0 Å². The van der Waals surface area contributed by atoms with Crippen LogP contribution in [0.1, 0.15) is 74.7 Å². The zero-order chi connectivity index (χ0) is 28.1. The Morgan fingerprint density at radius 3 is 1.21 bits per heavy atom. The first-order chi connectivity index (χ1) is 15.4. The lowest BCUT2D eigenvalue weighted by Gasteiger charge is -1.95. The Morgan fingerprint density at radius 1 is 0.879 bits per heavy atom. The first-order valence-corrected chi connectivity index (χ1v) is 10.6. The second-order valence-corrected chi connectivity index (χ2v) is 6.06. The van der Waals surface area contributed by atoms with E-state index in [2.05, 4.69) is 90.0 Å². The van der Waals surface area contributed by atoms with E-state index in [0.717, 1.165) is 28.9 Å². The van der Waals surface area contributed by atoms with Gasteiger partial charge in [0.1, 0.15) is 0 Å². The van der Waals surface area contributed by atoms with Crippen LogP contribution < -0.4 is 0 Å². The molecule has 0 radical (unpaired) electrons. The van der Waals surface area contributed by atoms with Gasteiger partial charge in [-0.3, -0.25) is 0 Å². The molecule has 0 aromatic rings. The molecule has 0 rings (SSSR count). The van der Waals surface area contributed by atoms with Crippen molar-refractivity contribution in [3.8, 4) is 36.5 Å². The Bertz CT molecular complexity index is 617. The molecule has 186 valence electrons. The van der Waals surface area contributed by atoms with Gasteiger partial charge in [-0.2, -0.15) is 0 Å². The van der Waals surface area contributed by atoms with E-state index in [1.165, 1.54) is 12.8 Å². The number of ether oxygens (including phenoxy) is 1. The van der Waals surface area contributed by atoms with Crippen LogP contribution in [0.3, 0.4) is 0 Å². The smallest absolute Gasteiger partial charge is 0.0921 e. The third-order valence-corrected chi connectivity index (χ3v) is 2.43.